The van der Waals surface area contributed by atoms with Crippen LogP contribution < -0.4 is 10.0 Å². The molecule has 27 heavy (non-hydrogen) atoms. The number of aryl methyl sites for hydroxylation is 1. The molecule has 2 aliphatic heterocycles. The Bertz CT molecular complexity index is 727. The first-order chi connectivity index (χ1) is 12.9. The van der Waals surface area contributed by atoms with Gasteiger partial charge < -0.3 is 10.2 Å². The van der Waals surface area contributed by atoms with E-state index in [1.54, 1.807) is 24.3 Å². The van der Waals surface area contributed by atoms with Crippen LogP contribution in [-0.2, 0) is 14.8 Å². The minimum atomic E-state index is -3.50. The fourth-order valence-corrected chi connectivity index (χ4v) is 5.05. The van der Waals surface area contributed by atoms with Crippen molar-refractivity contribution in [1.29, 1.82) is 0 Å². The lowest BCUT2D eigenvalue weighted by Gasteiger charge is -2.33. The molecule has 2 N–H and O–H groups in total. The van der Waals surface area contributed by atoms with Gasteiger partial charge in [-0.15, -0.1) is 0 Å². The highest BCUT2D eigenvalue weighted by Crippen LogP contribution is 2.20. The molecule has 3 rings (SSSR count). The van der Waals surface area contributed by atoms with Gasteiger partial charge in [0.15, 0.2) is 0 Å². The minimum absolute atomic E-state index is 0.177. The van der Waals surface area contributed by atoms with Crippen LogP contribution in [-0.4, -0.2) is 51.9 Å². The highest BCUT2D eigenvalue weighted by atomic mass is 32.2. The van der Waals surface area contributed by atoms with E-state index in [0.29, 0.717) is 30.3 Å². The van der Waals surface area contributed by atoms with E-state index >= 15 is 0 Å². The second-order valence-electron chi connectivity index (χ2n) is 7.91. The third-order valence-corrected chi connectivity index (χ3v) is 7.13. The second-order valence-corrected chi connectivity index (χ2v) is 9.68. The molecule has 0 spiro atoms. The summed E-state index contributed by atoms with van der Waals surface area (Å²) in [6.45, 7) is 5.84. The van der Waals surface area contributed by atoms with E-state index < -0.39 is 10.0 Å². The lowest BCUT2D eigenvalue weighted by atomic mass is 9.97. The standard InChI is InChI=1S/C20H31N3O3S/c1-16-4-7-19(8-5-16)27(25,26)22-14-18-3-2-12-23(15-18)20(24)9-6-17-10-11-21-13-17/h4-5,7-8,17-18,21-22H,2-3,6,9-15H2,1H3. The van der Waals surface area contributed by atoms with Crippen LogP contribution in [0.1, 0.15) is 37.7 Å². The fourth-order valence-electron chi connectivity index (χ4n) is 3.93. The van der Waals surface area contributed by atoms with E-state index in [1.165, 1.54) is 0 Å². The van der Waals surface area contributed by atoms with E-state index in [4.69, 9.17) is 0 Å². The summed E-state index contributed by atoms with van der Waals surface area (Å²) in [5, 5.41) is 3.34. The summed E-state index contributed by atoms with van der Waals surface area (Å²) >= 11 is 0. The summed E-state index contributed by atoms with van der Waals surface area (Å²) in [6.07, 6.45) is 4.61. The predicted octanol–water partition coefficient (Wildman–Crippen LogP) is 1.90. The largest absolute Gasteiger partial charge is 0.342 e. The molecule has 0 aromatic heterocycles. The van der Waals surface area contributed by atoms with Crippen molar-refractivity contribution in [2.75, 3.05) is 32.7 Å². The number of amides is 1. The molecule has 7 heteroatoms. The molecule has 2 unspecified atom stereocenters. The van der Waals surface area contributed by atoms with Gasteiger partial charge in [-0.2, -0.15) is 0 Å². The van der Waals surface area contributed by atoms with Gasteiger partial charge in [0.05, 0.1) is 4.90 Å². The molecule has 6 nitrogen and oxygen atoms in total. The van der Waals surface area contributed by atoms with Gasteiger partial charge in [-0.25, -0.2) is 13.1 Å². The van der Waals surface area contributed by atoms with Gasteiger partial charge in [-0.3, -0.25) is 4.79 Å². The number of piperidine rings is 1. The average molecular weight is 394 g/mol. The number of carbonyl (C=O) groups is 1. The van der Waals surface area contributed by atoms with Gasteiger partial charge in [0.2, 0.25) is 15.9 Å². The van der Waals surface area contributed by atoms with Gasteiger partial charge in [-0.05, 0) is 69.7 Å². The predicted molar refractivity (Wildman–Crippen MR) is 106 cm³/mol. The number of sulfonamides is 1. The van der Waals surface area contributed by atoms with Gasteiger partial charge >= 0.3 is 0 Å². The number of likely N-dealkylation sites (tertiary alicyclic amines) is 1. The minimum Gasteiger partial charge on any atom is -0.342 e. The zero-order valence-corrected chi connectivity index (χ0v) is 16.9. The van der Waals surface area contributed by atoms with Crippen molar-refractivity contribution in [3.8, 4) is 0 Å². The van der Waals surface area contributed by atoms with E-state index in [-0.39, 0.29) is 11.8 Å². The summed E-state index contributed by atoms with van der Waals surface area (Å²) in [6, 6.07) is 6.86. The van der Waals surface area contributed by atoms with Crippen molar-refractivity contribution >= 4 is 15.9 Å². The fraction of sp³-hybridized carbons (Fsp3) is 0.650. The monoisotopic (exact) mass is 393 g/mol. The van der Waals surface area contributed by atoms with Gasteiger partial charge in [0.1, 0.15) is 0 Å². The smallest absolute Gasteiger partial charge is 0.240 e. The van der Waals surface area contributed by atoms with Crippen molar-refractivity contribution in [2.24, 2.45) is 11.8 Å². The molecule has 0 aliphatic carbocycles. The number of hydrogen-bond donors (Lipinski definition) is 2. The van der Waals surface area contributed by atoms with Crippen molar-refractivity contribution in [3.05, 3.63) is 29.8 Å². The Kier molecular flexibility index (Phi) is 6.89. The van der Waals surface area contributed by atoms with Crippen LogP contribution in [0.4, 0.5) is 0 Å². The van der Waals surface area contributed by atoms with Crippen molar-refractivity contribution in [2.45, 2.75) is 43.9 Å². The SMILES string of the molecule is Cc1ccc(S(=O)(=O)NCC2CCCN(C(=O)CCC3CCNC3)C2)cc1. The van der Waals surface area contributed by atoms with Crippen LogP contribution in [0.3, 0.4) is 0 Å². The quantitative estimate of drug-likeness (QED) is 0.742. The van der Waals surface area contributed by atoms with Gasteiger partial charge in [0, 0.05) is 26.1 Å². The number of nitrogens with zero attached hydrogens (tertiary/aromatic N) is 1. The molecular formula is C20H31N3O3S. The van der Waals surface area contributed by atoms with E-state index in [1.807, 2.05) is 11.8 Å². The third kappa shape index (κ3) is 5.77. The Morgan fingerprint density at radius 1 is 1.22 bits per heavy atom. The third-order valence-electron chi connectivity index (χ3n) is 5.69. The first kappa shape index (κ1) is 20.3. The summed E-state index contributed by atoms with van der Waals surface area (Å²) in [7, 11) is -3.50. The van der Waals surface area contributed by atoms with Crippen LogP contribution in [0, 0.1) is 18.8 Å². The lowest BCUT2D eigenvalue weighted by molar-refractivity contribution is -0.133. The summed E-state index contributed by atoms with van der Waals surface area (Å²) in [5.74, 6) is 1.01. The molecule has 1 amide bonds. The molecule has 2 atom stereocenters. The molecule has 2 fully saturated rings. The van der Waals surface area contributed by atoms with Crippen LogP contribution in [0.15, 0.2) is 29.2 Å². The number of carbonyl (C=O) groups excluding carboxylic acids is 1. The molecular weight excluding hydrogens is 362 g/mol. The highest BCUT2D eigenvalue weighted by molar-refractivity contribution is 7.89. The maximum atomic E-state index is 12.5. The van der Waals surface area contributed by atoms with Gasteiger partial charge in [-0.1, -0.05) is 17.7 Å². The molecule has 0 bridgehead atoms. The molecule has 0 radical (unpaired) electrons. The average Bonchev–Trinajstić information content (AvgIpc) is 3.19. The number of hydrogen-bond acceptors (Lipinski definition) is 4. The molecule has 2 saturated heterocycles. The first-order valence-corrected chi connectivity index (χ1v) is 11.5. The summed E-state index contributed by atoms with van der Waals surface area (Å²) in [4.78, 5) is 14.7. The Hall–Kier alpha value is -1.44. The Balaban J connectivity index is 1.47. The van der Waals surface area contributed by atoms with Crippen LogP contribution in [0.5, 0.6) is 0 Å². The van der Waals surface area contributed by atoms with Crippen molar-refractivity contribution in [3.63, 3.8) is 0 Å². The molecule has 2 aliphatic rings. The molecule has 1 aromatic rings. The highest BCUT2D eigenvalue weighted by Gasteiger charge is 2.26. The van der Waals surface area contributed by atoms with E-state index in [9.17, 15) is 13.2 Å². The molecule has 1 aromatic carbocycles. The second kappa shape index (κ2) is 9.17. The number of benzene rings is 1. The first-order valence-electron chi connectivity index (χ1n) is 9.99. The van der Waals surface area contributed by atoms with Crippen LogP contribution >= 0.6 is 0 Å². The Morgan fingerprint density at radius 3 is 2.70 bits per heavy atom. The van der Waals surface area contributed by atoms with E-state index in [0.717, 1.165) is 50.9 Å². The maximum Gasteiger partial charge on any atom is 0.240 e. The topological polar surface area (TPSA) is 78.5 Å². The van der Waals surface area contributed by atoms with Crippen molar-refractivity contribution in [1.82, 2.24) is 14.9 Å². The van der Waals surface area contributed by atoms with E-state index in [2.05, 4.69) is 10.0 Å². The lowest BCUT2D eigenvalue weighted by Crippen LogP contribution is -2.43. The molecule has 0 saturated carbocycles. The van der Waals surface area contributed by atoms with Crippen LogP contribution in [0.25, 0.3) is 0 Å². The zero-order valence-electron chi connectivity index (χ0n) is 16.1. The molecule has 2 heterocycles. The molecule has 150 valence electrons. The summed E-state index contributed by atoms with van der Waals surface area (Å²) in [5.41, 5.74) is 1.03. The van der Waals surface area contributed by atoms with Gasteiger partial charge in [0.25, 0.3) is 0 Å². The Labute approximate surface area is 162 Å². The normalized spacial score (nSPS) is 23.5. The zero-order chi connectivity index (χ0) is 19.3. The number of rotatable bonds is 7. The van der Waals surface area contributed by atoms with Crippen molar-refractivity contribution < 1.29 is 13.2 Å². The number of nitrogens with one attached hydrogen (secondary N) is 2. The Morgan fingerprint density at radius 2 is 2.00 bits per heavy atom. The maximum absolute atomic E-state index is 12.5. The van der Waals surface area contributed by atoms with Crippen LogP contribution in [0.2, 0.25) is 0 Å². The summed E-state index contributed by atoms with van der Waals surface area (Å²) < 4.78 is 27.6.